The Morgan fingerprint density at radius 1 is 1.47 bits per heavy atom. The minimum absolute atomic E-state index is 0.00329. The quantitative estimate of drug-likeness (QED) is 0.615. The Bertz CT molecular complexity index is 589. The van der Waals surface area contributed by atoms with Crippen molar-refractivity contribution in [2.45, 2.75) is 31.0 Å². The van der Waals surface area contributed by atoms with Gasteiger partial charge in [0.05, 0.1) is 4.47 Å². The van der Waals surface area contributed by atoms with Gasteiger partial charge in [-0.3, -0.25) is 15.4 Å². The molecule has 0 bridgehead atoms. The first-order chi connectivity index (χ1) is 9.04. The summed E-state index contributed by atoms with van der Waals surface area (Å²) in [5.41, 5.74) is 0.106. The smallest absolute Gasteiger partial charge is 0.272 e. The van der Waals surface area contributed by atoms with Crippen molar-refractivity contribution in [3.8, 4) is 0 Å². The summed E-state index contributed by atoms with van der Waals surface area (Å²) in [4.78, 5) is 14.5. The lowest BCUT2D eigenvalue weighted by Gasteiger charge is -2.44. The molecule has 2 unspecified atom stereocenters. The molecule has 3 N–H and O–H groups in total. The summed E-state index contributed by atoms with van der Waals surface area (Å²) in [6.07, 6.45) is 0.790. The molecule has 0 aliphatic carbocycles. The molecule has 1 amide bonds. The molecule has 8 heteroatoms. The zero-order valence-corrected chi connectivity index (χ0v) is 13.0. The summed E-state index contributed by atoms with van der Waals surface area (Å²) in [6.45, 7) is 0.719. The third kappa shape index (κ3) is 1.38. The van der Waals surface area contributed by atoms with Crippen LogP contribution >= 0.6 is 31.9 Å². The molecule has 4 heterocycles. The van der Waals surface area contributed by atoms with Crippen LogP contribution in [0.15, 0.2) is 15.1 Å². The Labute approximate surface area is 126 Å². The van der Waals surface area contributed by atoms with E-state index >= 15 is 0 Å². The van der Waals surface area contributed by atoms with Crippen molar-refractivity contribution in [3.63, 3.8) is 0 Å². The van der Waals surface area contributed by atoms with Gasteiger partial charge < -0.3 is 14.6 Å². The molecule has 6 nitrogen and oxygen atoms in total. The predicted octanol–water partition coefficient (Wildman–Crippen LogP) is 0.926. The second-order valence-electron chi connectivity index (χ2n) is 5.14. The number of hydrogen-bond donors (Lipinski definition) is 3. The molecule has 0 aromatic carbocycles. The SMILES string of the molecule is O=C1c2cc(Br)c(Br)n2C2N[C@@H](O)NC23CCCN13. The standard InChI is InChI=1S/C11H12Br2N4O2/c12-5-4-6-8(18)16-3-1-2-11(16)9(14-10(19)15-11)17(6)7(5)13/h4,9-10,14-15,19H,1-3H2/t9?,10-,11?/m1/s1. The van der Waals surface area contributed by atoms with E-state index in [1.54, 1.807) is 0 Å². The van der Waals surface area contributed by atoms with Crippen LogP contribution in [0.5, 0.6) is 0 Å². The highest BCUT2D eigenvalue weighted by Crippen LogP contribution is 2.46. The molecule has 2 saturated heterocycles. The summed E-state index contributed by atoms with van der Waals surface area (Å²) in [5, 5.41) is 16.2. The van der Waals surface area contributed by atoms with E-state index in [-0.39, 0.29) is 12.1 Å². The van der Waals surface area contributed by atoms with Crippen LogP contribution < -0.4 is 10.6 Å². The van der Waals surface area contributed by atoms with Gasteiger partial charge in [0.15, 0.2) is 6.35 Å². The van der Waals surface area contributed by atoms with Gasteiger partial charge in [0.25, 0.3) is 5.91 Å². The summed E-state index contributed by atoms with van der Waals surface area (Å²) in [7, 11) is 0. The topological polar surface area (TPSA) is 69.5 Å². The summed E-state index contributed by atoms with van der Waals surface area (Å²) in [6, 6.07) is 1.82. The zero-order chi connectivity index (χ0) is 13.4. The molecule has 2 fully saturated rings. The molecule has 1 aromatic heterocycles. The van der Waals surface area contributed by atoms with Crippen LogP contribution in [0, 0.1) is 0 Å². The molecule has 1 spiro atoms. The van der Waals surface area contributed by atoms with E-state index in [2.05, 4.69) is 42.5 Å². The minimum atomic E-state index is -0.808. The van der Waals surface area contributed by atoms with Crippen molar-refractivity contribution in [1.29, 1.82) is 0 Å². The highest BCUT2D eigenvalue weighted by molar-refractivity contribution is 9.13. The molecule has 0 radical (unpaired) electrons. The Hall–Kier alpha value is -0.410. The van der Waals surface area contributed by atoms with Crippen LogP contribution in [0.25, 0.3) is 0 Å². The Morgan fingerprint density at radius 2 is 2.26 bits per heavy atom. The average molecular weight is 392 g/mol. The number of nitrogens with one attached hydrogen (secondary N) is 2. The van der Waals surface area contributed by atoms with E-state index in [0.29, 0.717) is 5.69 Å². The predicted molar refractivity (Wildman–Crippen MR) is 74.1 cm³/mol. The Kier molecular flexibility index (Phi) is 2.48. The normalized spacial score (nSPS) is 36.4. The van der Waals surface area contributed by atoms with Crippen LogP contribution in [0.3, 0.4) is 0 Å². The monoisotopic (exact) mass is 390 g/mol. The molecular formula is C11H12Br2N4O2. The van der Waals surface area contributed by atoms with Gasteiger partial charge in [-0.25, -0.2) is 0 Å². The zero-order valence-electron chi connectivity index (χ0n) is 9.86. The van der Waals surface area contributed by atoms with E-state index in [0.717, 1.165) is 28.5 Å². The maximum Gasteiger partial charge on any atom is 0.272 e. The Balaban J connectivity index is 1.97. The first kappa shape index (κ1) is 12.3. The maximum absolute atomic E-state index is 12.6. The van der Waals surface area contributed by atoms with Gasteiger partial charge in [0.1, 0.15) is 22.1 Å². The lowest BCUT2D eigenvalue weighted by atomic mass is 10.0. The molecule has 1 aromatic rings. The molecule has 3 aliphatic rings. The largest absolute Gasteiger partial charge is 0.365 e. The molecule has 19 heavy (non-hydrogen) atoms. The fourth-order valence-corrected chi connectivity index (χ4v) is 4.43. The maximum atomic E-state index is 12.6. The second-order valence-corrected chi connectivity index (χ2v) is 6.74. The number of aliphatic hydroxyl groups excluding tert-OH is 1. The van der Waals surface area contributed by atoms with E-state index < -0.39 is 12.0 Å². The number of aliphatic hydroxyl groups is 1. The van der Waals surface area contributed by atoms with Gasteiger partial charge >= 0.3 is 0 Å². The van der Waals surface area contributed by atoms with E-state index in [9.17, 15) is 9.90 Å². The summed E-state index contributed by atoms with van der Waals surface area (Å²) >= 11 is 6.95. The number of nitrogens with zero attached hydrogens (tertiary/aromatic N) is 2. The first-order valence-corrected chi connectivity index (χ1v) is 7.73. The lowest BCUT2D eigenvalue weighted by molar-refractivity contribution is 0.0261. The van der Waals surface area contributed by atoms with E-state index in [1.807, 2.05) is 15.5 Å². The third-order valence-corrected chi connectivity index (χ3v) is 6.18. The number of halogens is 2. The molecule has 4 rings (SSSR count). The molecule has 102 valence electrons. The number of carbonyl (C=O) groups excluding carboxylic acids is 1. The van der Waals surface area contributed by atoms with Gasteiger partial charge in [-0.05, 0) is 50.8 Å². The fraction of sp³-hybridized carbons (Fsp3) is 0.545. The average Bonchev–Trinajstić information content (AvgIpc) is 2.99. The number of rotatable bonds is 0. The highest BCUT2D eigenvalue weighted by Gasteiger charge is 2.59. The number of carbonyl (C=O) groups is 1. The third-order valence-electron chi connectivity index (χ3n) is 4.23. The van der Waals surface area contributed by atoms with Crippen molar-refractivity contribution in [1.82, 2.24) is 20.1 Å². The van der Waals surface area contributed by atoms with Crippen molar-refractivity contribution in [2.24, 2.45) is 0 Å². The minimum Gasteiger partial charge on any atom is -0.365 e. The van der Waals surface area contributed by atoms with Crippen LogP contribution in [0.4, 0.5) is 0 Å². The van der Waals surface area contributed by atoms with Crippen LogP contribution in [0.1, 0.15) is 29.5 Å². The number of amides is 1. The first-order valence-electron chi connectivity index (χ1n) is 6.14. The summed E-state index contributed by atoms with van der Waals surface area (Å²) < 4.78 is 3.57. The molecule has 3 atom stereocenters. The van der Waals surface area contributed by atoms with Gasteiger partial charge in [-0.2, -0.15) is 0 Å². The molecular weight excluding hydrogens is 380 g/mol. The van der Waals surface area contributed by atoms with Crippen LogP contribution in [-0.2, 0) is 0 Å². The fourth-order valence-electron chi connectivity index (χ4n) is 3.52. The van der Waals surface area contributed by atoms with Crippen LogP contribution in [0.2, 0.25) is 0 Å². The summed E-state index contributed by atoms with van der Waals surface area (Å²) in [5.74, 6) is 0.00329. The van der Waals surface area contributed by atoms with E-state index in [1.165, 1.54) is 0 Å². The van der Waals surface area contributed by atoms with Gasteiger partial charge in [-0.1, -0.05) is 0 Å². The number of aromatic nitrogens is 1. The van der Waals surface area contributed by atoms with Gasteiger partial charge in [-0.15, -0.1) is 0 Å². The Morgan fingerprint density at radius 3 is 3.05 bits per heavy atom. The van der Waals surface area contributed by atoms with Crippen molar-refractivity contribution < 1.29 is 9.90 Å². The van der Waals surface area contributed by atoms with Crippen molar-refractivity contribution in [2.75, 3.05) is 6.54 Å². The van der Waals surface area contributed by atoms with Crippen molar-refractivity contribution in [3.05, 3.63) is 20.8 Å². The van der Waals surface area contributed by atoms with Crippen molar-refractivity contribution >= 4 is 37.8 Å². The van der Waals surface area contributed by atoms with Crippen LogP contribution in [-0.4, -0.2) is 39.0 Å². The van der Waals surface area contributed by atoms with Gasteiger partial charge in [0, 0.05) is 6.54 Å². The molecule has 3 aliphatic heterocycles. The van der Waals surface area contributed by atoms with E-state index in [4.69, 9.17) is 0 Å². The number of hydrogen-bond acceptors (Lipinski definition) is 4. The van der Waals surface area contributed by atoms with Gasteiger partial charge in [0.2, 0.25) is 0 Å². The molecule has 0 saturated carbocycles. The lowest BCUT2D eigenvalue weighted by Crippen LogP contribution is -2.62. The highest BCUT2D eigenvalue weighted by atomic mass is 79.9. The second kappa shape index (κ2) is 3.82. The number of fused-ring (bicyclic) bond motifs is 2.